The lowest BCUT2D eigenvalue weighted by atomic mass is 9.88. The van der Waals surface area contributed by atoms with Crippen LogP contribution in [0, 0.1) is 5.92 Å². The van der Waals surface area contributed by atoms with Crippen molar-refractivity contribution < 1.29 is 9.59 Å². The molecule has 1 fully saturated rings. The molecule has 4 heteroatoms. The van der Waals surface area contributed by atoms with Crippen molar-refractivity contribution in [2.45, 2.75) is 32.2 Å². The van der Waals surface area contributed by atoms with Crippen LogP contribution in [0.3, 0.4) is 0 Å². The molecule has 2 aromatic carbocycles. The van der Waals surface area contributed by atoms with Gasteiger partial charge in [0.05, 0.1) is 5.54 Å². The van der Waals surface area contributed by atoms with E-state index in [1.165, 1.54) is 0 Å². The highest BCUT2D eigenvalue weighted by molar-refractivity contribution is 6.01. The minimum Gasteiger partial charge on any atom is -0.340 e. The van der Waals surface area contributed by atoms with Gasteiger partial charge in [0.1, 0.15) is 0 Å². The van der Waals surface area contributed by atoms with Crippen molar-refractivity contribution in [3.05, 3.63) is 48.0 Å². The van der Waals surface area contributed by atoms with Gasteiger partial charge in [-0.3, -0.25) is 9.59 Å². The smallest absolute Gasteiger partial charge is 0.242 e. The number of fused-ring (bicyclic) bond motifs is 1. The summed E-state index contributed by atoms with van der Waals surface area (Å²) in [5.41, 5.74) is 5.76. The summed E-state index contributed by atoms with van der Waals surface area (Å²) in [6, 6.07) is 13.8. The first-order valence-electron chi connectivity index (χ1n) is 8.47. The molecule has 2 aromatic rings. The Morgan fingerprint density at radius 2 is 1.83 bits per heavy atom. The highest BCUT2D eigenvalue weighted by Crippen LogP contribution is 2.24. The fraction of sp³-hybridized carbons (Fsp3) is 0.400. The van der Waals surface area contributed by atoms with Crippen LogP contribution in [0.25, 0.3) is 10.8 Å². The molecule has 0 radical (unpaired) electrons. The van der Waals surface area contributed by atoms with Crippen LogP contribution >= 0.6 is 0 Å². The van der Waals surface area contributed by atoms with Gasteiger partial charge in [-0.2, -0.15) is 0 Å². The van der Waals surface area contributed by atoms with Crippen LogP contribution in [0.1, 0.15) is 37.0 Å². The zero-order valence-corrected chi connectivity index (χ0v) is 14.3. The number of nitrogens with two attached hydrogens (primary N) is 1. The van der Waals surface area contributed by atoms with E-state index in [0.717, 1.165) is 29.2 Å². The Morgan fingerprint density at radius 3 is 2.54 bits per heavy atom. The van der Waals surface area contributed by atoms with Gasteiger partial charge in [-0.15, -0.1) is 0 Å². The number of piperidine rings is 1. The summed E-state index contributed by atoms with van der Waals surface area (Å²) in [5.74, 6) is -0.113. The molecule has 0 aromatic heterocycles. The average Bonchev–Trinajstić information content (AvgIpc) is 2.59. The number of hydrogen-bond acceptors (Lipinski definition) is 3. The molecule has 1 amide bonds. The summed E-state index contributed by atoms with van der Waals surface area (Å²) in [5, 5.41) is 2.19. The van der Waals surface area contributed by atoms with Crippen LogP contribution in [0.5, 0.6) is 0 Å². The molecule has 1 saturated heterocycles. The Bertz CT molecular complexity index is 777. The largest absolute Gasteiger partial charge is 0.340 e. The van der Waals surface area contributed by atoms with E-state index < -0.39 is 5.54 Å². The lowest BCUT2D eigenvalue weighted by Gasteiger charge is -2.35. The van der Waals surface area contributed by atoms with E-state index in [9.17, 15) is 9.59 Å². The first-order chi connectivity index (χ1) is 11.4. The summed E-state index contributed by atoms with van der Waals surface area (Å²) in [4.78, 5) is 27.0. The molecule has 24 heavy (non-hydrogen) atoms. The maximum Gasteiger partial charge on any atom is 0.242 e. The maximum atomic E-state index is 12.9. The average molecular weight is 324 g/mol. The van der Waals surface area contributed by atoms with E-state index in [-0.39, 0.29) is 17.6 Å². The van der Waals surface area contributed by atoms with Gasteiger partial charge in [0.2, 0.25) is 5.91 Å². The minimum absolute atomic E-state index is 0.0847. The normalized spacial score (nSPS) is 18.6. The molecule has 126 valence electrons. The number of benzene rings is 2. The Kier molecular flexibility index (Phi) is 4.41. The van der Waals surface area contributed by atoms with Crippen molar-refractivity contribution in [1.82, 2.24) is 4.90 Å². The van der Waals surface area contributed by atoms with E-state index >= 15 is 0 Å². The zero-order chi connectivity index (χ0) is 17.3. The molecule has 0 spiro atoms. The Balaban J connectivity index is 1.79. The summed E-state index contributed by atoms with van der Waals surface area (Å²) in [6.07, 6.45) is 1.66. The van der Waals surface area contributed by atoms with E-state index in [0.29, 0.717) is 13.1 Å². The molecule has 1 heterocycles. The molecule has 0 aliphatic carbocycles. The summed E-state index contributed by atoms with van der Waals surface area (Å²) < 4.78 is 0. The second-order valence-electron chi connectivity index (χ2n) is 7.24. The zero-order valence-electron chi connectivity index (χ0n) is 14.3. The van der Waals surface area contributed by atoms with Crippen LogP contribution in [-0.4, -0.2) is 35.2 Å². The Labute approximate surface area is 142 Å². The van der Waals surface area contributed by atoms with Crippen molar-refractivity contribution in [3.63, 3.8) is 0 Å². The van der Waals surface area contributed by atoms with Gasteiger partial charge in [0.25, 0.3) is 0 Å². The highest BCUT2D eigenvalue weighted by atomic mass is 16.2. The lowest BCUT2D eigenvalue weighted by Crippen LogP contribution is -2.54. The number of nitrogens with zero attached hydrogens (tertiary/aromatic N) is 1. The lowest BCUT2D eigenvalue weighted by molar-refractivity contribution is -0.137. The van der Waals surface area contributed by atoms with E-state index in [2.05, 4.69) is 0 Å². The summed E-state index contributed by atoms with van der Waals surface area (Å²) in [7, 11) is 0. The second kappa shape index (κ2) is 6.36. The topological polar surface area (TPSA) is 63.4 Å². The third-order valence-electron chi connectivity index (χ3n) is 4.66. The Morgan fingerprint density at radius 1 is 1.12 bits per heavy atom. The van der Waals surface area contributed by atoms with Gasteiger partial charge in [0.15, 0.2) is 5.78 Å². The number of ketones is 1. The number of amides is 1. The van der Waals surface area contributed by atoms with Crippen molar-refractivity contribution in [1.29, 1.82) is 0 Å². The van der Waals surface area contributed by atoms with E-state index in [1.54, 1.807) is 18.7 Å². The molecule has 1 aliphatic rings. The highest BCUT2D eigenvalue weighted by Gasteiger charge is 2.34. The first-order valence-corrected chi connectivity index (χ1v) is 8.47. The summed E-state index contributed by atoms with van der Waals surface area (Å²) in [6.45, 7) is 4.57. The van der Waals surface area contributed by atoms with Gasteiger partial charge in [-0.25, -0.2) is 0 Å². The van der Waals surface area contributed by atoms with Crippen LogP contribution in [0.2, 0.25) is 0 Å². The molecule has 2 N–H and O–H groups in total. The predicted octanol–water partition coefficient (Wildman–Crippen LogP) is 3.00. The van der Waals surface area contributed by atoms with Crippen LogP contribution in [0.4, 0.5) is 0 Å². The van der Waals surface area contributed by atoms with Crippen molar-refractivity contribution in [2.75, 3.05) is 13.1 Å². The number of carbonyl (C=O) groups is 2. The third-order valence-corrected chi connectivity index (χ3v) is 4.66. The quantitative estimate of drug-likeness (QED) is 0.883. The molecule has 4 nitrogen and oxygen atoms in total. The molecule has 0 unspecified atom stereocenters. The maximum absolute atomic E-state index is 12.9. The van der Waals surface area contributed by atoms with Crippen LogP contribution in [-0.2, 0) is 4.79 Å². The van der Waals surface area contributed by atoms with Crippen LogP contribution < -0.4 is 5.73 Å². The molecule has 0 bridgehead atoms. The van der Waals surface area contributed by atoms with Gasteiger partial charge < -0.3 is 10.6 Å². The molecule has 1 atom stereocenters. The number of hydrogen-bond donors (Lipinski definition) is 1. The number of rotatable bonds is 3. The molecule has 0 saturated carbocycles. The predicted molar refractivity (Wildman–Crippen MR) is 95.8 cm³/mol. The van der Waals surface area contributed by atoms with E-state index in [4.69, 9.17) is 5.73 Å². The second-order valence-corrected chi connectivity index (χ2v) is 7.24. The SMILES string of the molecule is CC(C)(N)C(=O)N1CCC[C@@H](C(=O)c2ccc3ccccc3c2)C1. The van der Waals surface area contributed by atoms with Crippen molar-refractivity contribution >= 4 is 22.5 Å². The van der Waals surface area contributed by atoms with Gasteiger partial charge in [-0.1, -0.05) is 36.4 Å². The molecular formula is C20H24N2O2. The van der Waals surface area contributed by atoms with Crippen LogP contribution in [0.15, 0.2) is 42.5 Å². The molecular weight excluding hydrogens is 300 g/mol. The van der Waals surface area contributed by atoms with Gasteiger partial charge in [0, 0.05) is 24.6 Å². The first kappa shape index (κ1) is 16.7. The standard InChI is InChI=1S/C20H24N2O2/c1-20(2,21)19(24)22-11-5-8-17(13-22)18(23)16-10-9-14-6-3-4-7-15(14)12-16/h3-4,6-7,9-10,12,17H,5,8,11,13,21H2,1-2H3/t17-/m1/s1. The summed E-state index contributed by atoms with van der Waals surface area (Å²) >= 11 is 0. The third kappa shape index (κ3) is 3.34. The van der Waals surface area contributed by atoms with E-state index in [1.807, 2.05) is 42.5 Å². The molecule has 3 rings (SSSR count). The van der Waals surface area contributed by atoms with Gasteiger partial charge >= 0.3 is 0 Å². The van der Waals surface area contributed by atoms with Crippen molar-refractivity contribution in [3.8, 4) is 0 Å². The fourth-order valence-corrected chi connectivity index (χ4v) is 3.36. The van der Waals surface area contributed by atoms with Crippen molar-refractivity contribution in [2.24, 2.45) is 11.7 Å². The number of Topliss-reactive ketones (excluding diaryl/α,β-unsaturated/α-hetero) is 1. The number of likely N-dealkylation sites (tertiary alicyclic amines) is 1. The fourth-order valence-electron chi connectivity index (χ4n) is 3.36. The monoisotopic (exact) mass is 324 g/mol. The molecule has 1 aliphatic heterocycles. The Hall–Kier alpha value is -2.20. The number of carbonyl (C=O) groups excluding carboxylic acids is 2. The van der Waals surface area contributed by atoms with Gasteiger partial charge in [-0.05, 0) is 43.5 Å². The minimum atomic E-state index is -0.895.